The summed E-state index contributed by atoms with van der Waals surface area (Å²) in [5, 5.41) is 0.568. The second-order valence-corrected chi connectivity index (χ2v) is 3.51. The lowest BCUT2D eigenvalue weighted by atomic mass is 10.4. The molecule has 0 unspecified atom stereocenters. The molecule has 0 aliphatic carbocycles. The highest BCUT2D eigenvalue weighted by atomic mass is 79.9. The van der Waals surface area contributed by atoms with E-state index in [1.165, 1.54) is 0 Å². The van der Waals surface area contributed by atoms with Crippen molar-refractivity contribution >= 4 is 27.5 Å². The predicted molar refractivity (Wildman–Crippen MR) is 57.3 cm³/mol. The van der Waals surface area contributed by atoms with Crippen LogP contribution >= 0.6 is 27.5 Å². The van der Waals surface area contributed by atoms with Gasteiger partial charge in [-0.15, -0.1) is 0 Å². The van der Waals surface area contributed by atoms with Gasteiger partial charge in [0.05, 0.1) is 5.02 Å². The Morgan fingerprint density at radius 3 is 3.15 bits per heavy atom. The molecule has 0 fully saturated rings. The fraction of sp³-hybridized carbons (Fsp3) is 0.222. The van der Waals surface area contributed by atoms with Crippen molar-refractivity contribution in [2.45, 2.75) is 6.92 Å². The molecule has 0 aliphatic heterocycles. The van der Waals surface area contributed by atoms with Crippen molar-refractivity contribution in [3.05, 3.63) is 34.0 Å². The zero-order chi connectivity index (χ0) is 9.68. The topological polar surface area (TPSA) is 22.1 Å². The Kier molecular flexibility index (Phi) is 4.25. The van der Waals surface area contributed by atoms with Crippen LogP contribution in [-0.4, -0.2) is 11.6 Å². The first-order chi connectivity index (χ1) is 6.24. The number of halogens is 2. The molecule has 0 saturated heterocycles. The summed E-state index contributed by atoms with van der Waals surface area (Å²) in [5.74, 6) is 0.658. The predicted octanol–water partition coefficient (Wildman–Crippen LogP) is 3.45. The first-order valence-electron chi connectivity index (χ1n) is 3.79. The Labute approximate surface area is 90.7 Å². The summed E-state index contributed by atoms with van der Waals surface area (Å²) in [5.41, 5.74) is 0. The highest BCUT2D eigenvalue weighted by molar-refractivity contribution is 9.10. The number of aromatic nitrogens is 1. The molecular weight excluding hydrogens is 253 g/mol. The van der Waals surface area contributed by atoms with E-state index in [-0.39, 0.29) is 0 Å². The van der Waals surface area contributed by atoms with Crippen molar-refractivity contribution in [2.75, 3.05) is 6.61 Å². The molecule has 1 heterocycles. The molecule has 70 valence electrons. The smallest absolute Gasteiger partial charge is 0.154 e. The minimum atomic E-state index is 0.525. The molecule has 4 heteroatoms. The summed E-state index contributed by atoms with van der Waals surface area (Å²) in [4.78, 5) is 3.99. The summed E-state index contributed by atoms with van der Waals surface area (Å²) < 4.78 is 6.05. The molecule has 1 rings (SSSR count). The summed E-state index contributed by atoms with van der Waals surface area (Å²) in [6.45, 7) is 2.46. The van der Waals surface area contributed by atoms with Crippen LogP contribution in [0.3, 0.4) is 0 Å². The van der Waals surface area contributed by atoms with E-state index in [1.807, 2.05) is 19.1 Å². The van der Waals surface area contributed by atoms with E-state index in [0.717, 1.165) is 0 Å². The number of pyridine rings is 1. The van der Waals surface area contributed by atoms with E-state index in [9.17, 15) is 0 Å². The first kappa shape index (κ1) is 10.5. The van der Waals surface area contributed by atoms with E-state index >= 15 is 0 Å². The molecule has 0 saturated carbocycles. The van der Waals surface area contributed by atoms with Gasteiger partial charge in [0, 0.05) is 12.3 Å². The number of hydrogen-bond acceptors (Lipinski definition) is 2. The molecular formula is C9H9BrClNO. The fourth-order valence-corrected chi connectivity index (χ4v) is 1.22. The van der Waals surface area contributed by atoms with Gasteiger partial charge in [0.15, 0.2) is 5.75 Å². The van der Waals surface area contributed by atoms with Gasteiger partial charge in [-0.25, -0.2) is 4.98 Å². The summed E-state index contributed by atoms with van der Waals surface area (Å²) >= 11 is 9.01. The third kappa shape index (κ3) is 3.36. The Bertz CT molecular complexity index is 314. The van der Waals surface area contributed by atoms with Gasteiger partial charge in [0.1, 0.15) is 11.2 Å². The molecule has 0 amide bonds. The number of hydrogen-bond donors (Lipinski definition) is 0. The summed E-state index contributed by atoms with van der Waals surface area (Å²) in [6.07, 6.45) is 5.40. The third-order valence-electron chi connectivity index (χ3n) is 1.34. The van der Waals surface area contributed by atoms with Crippen LogP contribution in [0.2, 0.25) is 5.02 Å². The highest BCUT2D eigenvalue weighted by Crippen LogP contribution is 2.25. The van der Waals surface area contributed by atoms with Gasteiger partial charge in [0.2, 0.25) is 0 Å². The van der Waals surface area contributed by atoms with E-state index < -0.39 is 0 Å². The van der Waals surface area contributed by atoms with Crippen molar-refractivity contribution in [1.82, 2.24) is 4.98 Å². The molecule has 2 nitrogen and oxygen atoms in total. The number of ether oxygens (including phenoxy) is 1. The fourth-order valence-electron chi connectivity index (χ4n) is 0.739. The van der Waals surface area contributed by atoms with Crippen LogP contribution < -0.4 is 4.74 Å². The molecule has 0 radical (unpaired) electrons. The van der Waals surface area contributed by atoms with Crippen LogP contribution in [0, 0.1) is 0 Å². The quantitative estimate of drug-likeness (QED) is 0.615. The maximum absolute atomic E-state index is 5.75. The maximum atomic E-state index is 5.75. The Morgan fingerprint density at radius 2 is 2.46 bits per heavy atom. The molecule has 1 aromatic rings. The van der Waals surface area contributed by atoms with Crippen LogP contribution in [0.5, 0.6) is 5.75 Å². The van der Waals surface area contributed by atoms with Gasteiger partial charge >= 0.3 is 0 Å². The molecule has 0 atom stereocenters. The van der Waals surface area contributed by atoms with E-state index in [2.05, 4.69) is 20.9 Å². The molecule has 1 aromatic heterocycles. The third-order valence-corrected chi connectivity index (χ3v) is 2.15. The van der Waals surface area contributed by atoms with Crippen molar-refractivity contribution < 1.29 is 4.74 Å². The van der Waals surface area contributed by atoms with Gasteiger partial charge < -0.3 is 4.74 Å². The number of allylic oxidation sites excluding steroid dienone is 1. The SMILES string of the molecule is C/C=C/COc1cc(Cl)cnc1Br. The lowest BCUT2D eigenvalue weighted by Gasteiger charge is -2.04. The summed E-state index contributed by atoms with van der Waals surface area (Å²) in [6, 6.07) is 1.72. The molecule has 13 heavy (non-hydrogen) atoms. The molecule has 0 aliphatic rings. The highest BCUT2D eigenvalue weighted by Gasteiger charge is 2.01. The van der Waals surface area contributed by atoms with Gasteiger partial charge in [-0.2, -0.15) is 0 Å². The molecule has 0 aromatic carbocycles. The van der Waals surface area contributed by atoms with E-state index in [0.29, 0.717) is 22.0 Å². The first-order valence-corrected chi connectivity index (χ1v) is 4.96. The standard InChI is InChI=1S/C9H9BrClNO/c1-2-3-4-13-8-5-7(11)6-12-9(8)10/h2-3,5-6H,4H2,1H3/b3-2+. The monoisotopic (exact) mass is 261 g/mol. The van der Waals surface area contributed by atoms with Crippen LogP contribution in [0.1, 0.15) is 6.92 Å². The van der Waals surface area contributed by atoms with Crippen LogP contribution in [0.15, 0.2) is 29.0 Å². The Hall–Kier alpha value is -0.540. The van der Waals surface area contributed by atoms with Crippen LogP contribution in [-0.2, 0) is 0 Å². The van der Waals surface area contributed by atoms with Gasteiger partial charge in [-0.05, 0) is 22.9 Å². The average Bonchev–Trinajstić information content (AvgIpc) is 2.11. The Balaban J connectivity index is 2.69. The normalized spacial score (nSPS) is 10.7. The molecule has 0 N–H and O–H groups in total. The van der Waals surface area contributed by atoms with Crippen molar-refractivity contribution in [3.63, 3.8) is 0 Å². The van der Waals surface area contributed by atoms with Crippen molar-refractivity contribution in [1.29, 1.82) is 0 Å². The van der Waals surface area contributed by atoms with E-state index in [4.69, 9.17) is 16.3 Å². The van der Waals surface area contributed by atoms with Crippen molar-refractivity contribution in [2.24, 2.45) is 0 Å². The zero-order valence-electron chi connectivity index (χ0n) is 7.13. The number of nitrogens with zero attached hydrogens (tertiary/aromatic N) is 1. The van der Waals surface area contributed by atoms with Gasteiger partial charge in [-0.1, -0.05) is 23.8 Å². The second-order valence-electron chi connectivity index (χ2n) is 2.32. The largest absolute Gasteiger partial charge is 0.487 e. The second kappa shape index (κ2) is 5.25. The minimum Gasteiger partial charge on any atom is -0.487 e. The lowest BCUT2D eigenvalue weighted by molar-refractivity contribution is 0.358. The molecule has 0 spiro atoms. The van der Waals surface area contributed by atoms with Crippen LogP contribution in [0.25, 0.3) is 0 Å². The maximum Gasteiger partial charge on any atom is 0.154 e. The van der Waals surface area contributed by atoms with Gasteiger partial charge in [-0.3, -0.25) is 0 Å². The Morgan fingerprint density at radius 1 is 1.69 bits per heavy atom. The lowest BCUT2D eigenvalue weighted by Crippen LogP contribution is -1.94. The average molecular weight is 263 g/mol. The van der Waals surface area contributed by atoms with Gasteiger partial charge in [0.25, 0.3) is 0 Å². The van der Waals surface area contributed by atoms with Crippen molar-refractivity contribution in [3.8, 4) is 5.75 Å². The molecule has 0 bridgehead atoms. The minimum absolute atomic E-state index is 0.525. The van der Waals surface area contributed by atoms with E-state index in [1.54, 1.807) is 12.3 Å². The van der Waals surface area contributed by atoms with Crippen LogP contribution in [0.4, 0.5) is 0 Å². The summed E-state index contributed by atoms with van der Waals surface area (Å²) in [7, 11) is 0. The zero-order valence-corrected chi connectivity index (χ0v) is 9.47. The number of rotatable bonds is 3.